The minimum absolute atomic E-state index is 0. The van der Waals surface area contributed by atoms with E-state index in [2.05, 4.69) is 17.0 Å². The van der Waals surface area contributed by atoms with Gasteiger partial charge in [-0.3, -0.25) is 0 Å². The number of aliphatic hydroxyl groups is 1. The van der Waals surface area contributed by atoms with Crippen LogP contribution in [0.15, 0.2) is 30.9 Å². The van der Waals surface area contributed by atoms with Crippen LogP contribution in [0.1, 0.15) is 31.7 Å². The molecule has 1 aromatic carbocycles. The second-order valence-electron chi connectivity index (χ2n) is 4.85. The molecule has 0 aliphatic carbocycles. The molecule has 0 bridgehead atoms. The number of unbranched alkanes of at least 4 members (excludes halogenated alkanes) is 1. The summed E-state index contributed by atoms with van der Waals surface area (Å²) in [6.45, 7) is 2.40. The number of aromatic nitrogens is 3. The van der Waals surface area contributed by atoms with Crippen LogP contribution in [-0.2, 0) is 12.1 Å². The molecule has 0 aliphatic heterocycles. The van der Waals surface area contributed by atoms with Gasteiger partial charge in [0.05, 0.1) is 6.54 Å². The van der Waals surface area contributed by atoms with Gasteiger partial charge in [0.1, 0.15) is 18.3 Å². The van der Waals surface area contributed by atoms with Crippen LogP contribution in [0.5, 0.6) is 0 Å². The van der Waals surface area contributed by atoms with Gasteiger partial charge in [0.15, 0.2) is 0 Å². The van der Waals surface area contributed by atoms with Crippen molar-refractivity contribution in [3.05, 3.63) is 46.5 Å². The summed E-state index contributed by atoms with van der Waals surface area (Å²) in [5.41, 5.74) is -0.404. The Bertz CT molecular complexity index is 565. The second-order valence-corrected chi connectivity index (χ2v) is 5.70. The van der Waals surface area contributed by atoms with Crippen molar-refractivity contribution in [3.8, 4) is 0 Å². The van der Waals surface area contributed by atoms with Crippen molar-refractivity contribution in [2.24, 2.45) is 0 Å². The van der Waals surface area contributed by atoms with Gasteiger partial charge < -0.3 is 5.11 Å². The number of nitrogens with zero attached hydrogens (tertiary/aromatic N) is 3. The first-order valence-corrected chi connectivity index (χ1v) is 7.31. The van der Waals surface area contributed by atoms with E-state index in [-0.39, 0.29) is 51.4 Å². The molecule has 2 aromatic rings. The summed E-state index contributed by atoms with van der Waals surface area (Å²) in [4.78, 5) is 3.90. The van der Waals surface area contributed by atoms with Gasteiger partial charge >= 0.3 is 51.4 Å². The van der Waals surface area contributed by atoms with E-state index in [4.69, 9.17) is 23.2 Å². The van der Waals surface area contributed by atoms with E-state index in [1.54, 1.807) is 29.2 Å². The molecule has 0 amide bonds. The van der Waals surface area contributed by atoms with Crippen molar-refractivity contribution < 1.29 is 5.11 Å². The topological polar surface area (TPSA) is 50.9 Å². The quantitative estimate of drug-likeness (QED) is 0.812. The van der Waals surface area contributed by atoms with Gasteiger partial charge in [-0.15, -0.1) is 0 Å². The van der Waals surface area contributed by atoms with Gasteiger partial charge in [-0.1, -0.05) is 49.0 Å². The summed E-state index contributed by atoms with van der Waals surface area (Å²) < 4.78 is 1.61. The Kier molecular flexibility index (Phi) is 8.38. The van der Waals surface area contributed by atoms with Crippen LogP contribution in [0.3, 0.4) is 0 Å². The molecule has 1 N–H and O–H groups in total. The Morgan fingerprint density at radius 3 is 2.67 bits per heavy atom. The first-order valence-electron chi connectivity index (χ1n) is 6.55. The number of hydrogen-bond acceptors (Lipinski definition) is 3. The summed E-state index contributed by atoms with van der Waals surface area (Å²) in [5.74, 6) is 0. The summed E-state index contributed by atoms with van der Waals surface area (Å²) in [7, 11) is 0. The van der Waals surface area contributed by atoms with E-state index in [0.29, 0.717) is 28.6 Å². The average Bonchev–Trinajstić information content (AvgIpc) is 2.88. The van der Waals surface area contributed by atoms with Crippen molar-refractivity contribution in [2.75, 3.05) is 0 Å². The zero-order valence-electron chi connectivity index (χ0n) is 11.3. The van der Waals surface area contributed by atoms with E-state index in [0.717, 1.165) is 12.8 Å². The summed E-state index contributed by atoms with van der Waals surface area (Å²) >= 11 is 12.2. The maximum absolute atomic E-state index is 11.0. The average molecular weight is 354 g/mol. The van der Waals surface area contributed by atoms with Crippen LogP contribution in [0.2, 0.25) is 10.0 Å². The molecule has 1 aromatic heterocycles. The molecule has 0 saturated heterocycles. The number of rotatable bonds is 6. The van der Waals surface area contributed by atoms with Crippen molar-refractivity contribution >= 4 is 74.6 Å². The summed E-state index contributed by atoms with van der Waals surface area (Å²) in [5, 5.41) is 16.1. The fourth-order valence-corrected chi connectivity index (χ4v) is 2.80. The van der Waals surface area contributed by atoms with Crippen molar-refractivity contribution in [2.45, 2.75) is 38.3 Å². The number of halogens is 2. The third-order valence-electron chi connectivity index (χ3n) is 3.27. The van der Waals surface area contributed by atoms with Crippen LogP contribution in [-0.4, -0.2) is 71.3 Å². The van der Waals surface area contributed by atoms with Gasteiger partial charge in [0.2, 0.25) is 0 Å². The molecular formula is C14H18Cl2KN3O. The van der Waals surface area contributed by atoms with Gasteiger partial charge in [-0.25, -0.2) is 9.67 Å². The molecular weight excluding hydrogens is 336 g/mol. The van der Waals surface area contributed by atoms with E-state index in [1.807, 2.05) is 0 Å². The Labute approximate surface area is 177 Å². The molecule has 1 unspecified atom stereocenters. The van der Waals surface area contributed by atoms with E-state index in [1.165, 1.54) is 6.33 Å². The molecule has 0 aliphatic rings. The van der Waals surface area contributed by atoms with Gasteiger partial charge in [0.25, 0.3) is 0 Å². The minimum atomic E-state index is -1.08. The van der Waals surface area contributed by atoms with Crippen molar-refractivity contribution in [1.29, 1.82) is 0 Å². The zero-order valence-corrected chi connectivity index (χ0v) is 12.8. The SMILES string of the molecule is CCCCC(O)(Cn1cncn1)c1ccc(Cl)cc1Cl.[KH]. The zero-order chi connectivity index (χ0) is 14.6. The molecule has 2 rings (SSSR count). The predicted octanol–water partition coefficient (Wildman–Crippen LogP) is 3.01. The summed E-state index contributed by atoms with van der Waals surface area (Å²) in [6.07, 6.45) is 5.52. The molecule has 0 fully saturated rings. The fourth-order valence-electron chi connectivity index (χ4n) is 2.22. The standard InChI is InChI=1S/C14H17Cl2N3O.K.H/c1-2-3-6-14(20,8-19-10-17-9-18-19)12-5-4-11(15)7-13(12)16;;/h4-5,7,9-10,20H,2-3,6,8H2,1H3;;. The molecule has 0 radical (unpaired) electrons. The molecule has 0 spiro atoms. The molecule has 1 heterocycles. The molecule has 7 heteroatoms. The monoisotopic (exact) mass is 353 g/mol. The first kappa shape index (κ1) is 19.6. The Morgan fingerprint density at radius 1 is 1.33 bits per heavy atom. The van der Waals surface area contributed by atoms with Crippen molar-refractivity contribution in [3.63, 3.8) is 0 Å². The summed E-state index contributed by atoms with van der Waals surface area (Å²) in [6, 6.07) is 5.16. The second kappa shape index (κ2) is 8.98. The van der Waals surface area contributed by atoms with Crippen LogP contribution in [0, 0.1) is 0 Å². The van der Waals surface area contributed by atoms with Gasteiger partial charge in [-0.05, 0) is 18.6 Å². The molecule has 21 heavy (non-hydrogen) atoms. The van der Waals surface area contributed by atoms with E-state index >= 15 is 0 Å². The Hall–Kier alpha value is 0.536. The van der Waals surface area contributed by atoms with Crippen LogP contribution in [0.4, 0.5) is 0 Å². The molecule has 0 saturated carbocycles. The van der Waals surface area contributed by atoms with Crippen molar-refractivity contribution in [1.82, 2.24) is 14.8 Å². The van der Waals surface area contributed by atoms with Gasteiger partial charge in [0, 0.05) is 15.6 Å². The third kappa shape index (κ3) is 5.29. The van der Waals surface area contributed by atoms with Crippen LogP contribution >= 0.6 is 23.2 Å². The van der Waals surface area contributed by atoms with Crippen LogP contribution < -0.4 is 0 Å². The number of benzene rings is 1. The molecule has 4 nitrogen and oxygen atoms in total. The Balaban J connectivity index is 0.00000220. The maximum atomic E-state index is 11.0. The third-order valence-corrected chi connectivity index (χ3v) is 3.81. The first-order chi connectivity index (χ1) is 9.55. The Morgan fingerprint density at radius 2 is 2.10 bits per heavy atom. The van der Waals surface area contributed by atoms with Gasteiger partial charge in [-0.2, -0.15) is 5.10 Å². The normalized spacial score (nSPS) is 13.5. The van der Waals surface area contributed by atoms with E-state index < -0.39 is 5.60 Å². The van der Waals surface area contributed by atoms with E-state index in [9.17, 15) is 5.11 Å². The molecule has 1 atom stereocenters. The predicted molar refractivity (Wildman–Crippen MR) is 87.1 cm³/mol. The van der Waals surface area contributed by atoms with Crippen LogP contribution in [0.25, 0.3) is 0 Å². The fraction of sp³-hybridized carbons (Fsp3) is 0.429. The molecule has 110 valence electrons. The number of hydrogen-bond donors (Lipinski definition) is 1.